The first-order valence-corrected chi connectivity index (χ1v) is 14.2. The Morgan fingerprint density at radius 3 is 2.49 bits per heavy atom. The van der Waals surface area contributed by atoms with Crippen molar-refractivity contribution in [2.75, 3.05) is 16.4 Å². The summed E-state index contributed by atoms with van der Waals surface area (Å²) in [5.74, 6) is -1.03. The summed E-state index contributed by atoms with van der Waals surface area (Å²) in [6.07, 6.45) is 1.47. The van der Waals surface area contributed by atoms with Crippen molar-refractivity contribution in [3.05, 3.63) is 111 Å². The van der Waals surface area contributed by atoms with Crippen LogP contribution in [0.3, 0.4) is 0 Å². The van der Waals surface area contributed by atoms with Gasteiger partial charge in [-0.25, -0.2) is 4.98 Å². The predicted molar refractivity (Wildman–Crippen MR) is 160 cm³/mol. The minimum Gasteiger partial charge on any atom is -0.321 e. The Labute approximate surface area is 243 Å². The molecule has 1 aromatic heterocycles. The lowest BCUT2D eigenvalue weighted by molar-refractivity contribution is -0.114. The summed E-state index contributed by atoms with van der Waals surface area (Å²) in [5, 5.41) is 11.2. The number of hydrogen-bond donors (Lipinski definition) is 3. The quantitative estimate of drug-likeness (QED) is 0.144. The summed E-state index contributed by atoms with van der Waals surface area (Å²) in [4.78, 5) is 43.5. The molecule has 0 fully saturated rings. The molecule has 3 N–H and O–H groups in total. The third-order valence-corrected chi connectivity index (χ3v) is 7.84. The molecule has 0 saturated carbocycles. The van der Waals surface area contributed by atoms with Gasteiger partial charge in [-0.05, 0) is 55.0 Å². The molecule has 39 heavy (non-hydrogen) atoms. The van der Waals surface area contributed by atoms with Crippen molar-refractivity contribution in [1.82, 2.24) is 10.3 Å². The second kappa shape index (κ2) is 13.4. The number of carbonyl (C=O) groups excluding carboxylic acids is 3. The van der Waals surface area contributed by atoms with Crippen LogP contribution >= 0.6 is 46.3 Å². The number of nitrogens with one attached hydrogen (secondary N) is 3. The van der Waals surface area contributed by atoms with Crippen LogP contribution in [0.15, 0.2) is 88.8 Å². The van der Waals surface area contributed by atoms with Crippen LogP contribution in [0.25, 0.3) is 6.08 Å². The molecule has 0 atom stereocenters. The van der Waals surface area contributed by atoms with Crippen LogP contribution in [-0.4, -0.2) is 28.5 Å². The molecule has 0 radical (unpaired) electrons. The smallest absolute Gasteiger partial charge is 0.272 e. The third-order valence-electron chi connectivity index (χ3n) is 5.14. The Kier molecular flexibility index (Phi) is 9.78. The first-order chi connectivity index (χ1) is 18.8. The van der Waals surface area contributed by atoms with Gasteiger partial charge in [-0.1, -0.05) is 59.6 Å². The van der Waals surface area contributed by atoms with E-state index < -0.39 is 11.8 Å². The Morgan fingerprint density at radius 2 is 1.74 bits per heavy atom. The summed E-state index contributed by atoms with van der Waals surface area (Å²) in [6, 6.07) is 20.6. The average molecular weight is 598 g/mol. The lowest BCUT2D eigenvalue weighted by Crippen LogP contribution is -2.30. The zero-order valence-corrected chi connectivity index (χ0v) is 23.7. The van der Waals surface area contributed by atoms with Gasteiger partial charge < -0.3 is 16.0 Å². The van der Waals surface area contributed by atoms with E-state index in [9.17, 15) is 14.4 Å². The van der Waals surface area contributed by atoms with Crippen molar-refractivity contribution in [1.29, 1.82) is 0 Å². The lowest BCUT2D eigenvalue weighted by atomic mass is 10.1. The Morgan fingerprint density at radius 1 is 0.974 bits per heavy atom. The number of rotatable bonds is 9. The van der Waals surface area contributed by atoms with E-state index in [4.69, 9.17) is 23.2 Å². The zero-order chi connectivity index (χ0) is 27.8. The number of nitrogens with zero attached hydrogens (tertiary/aromatic N) is 1. The fraction of sp³-hybridized carbons (Fsp3) is 0.0714. The molecule has 7 nitrogen and oxygen atoms in total. The van der Waals surface area contributed by atoms with Gasteiger partial charge in [0.05, 0.1) is 21.5 Å². The Hall–Kier alpha value is -3.63. The number of aryl methyl sites for hydroxylation is 1. The number of amides is 3. The lowest BCUT2D eigenvalue weighted by Gasteiger charge is -2.13. The van der Waals surface area contributed by atoms with E-state index in [-0.39, 0.29) is 22.4 Å². The van der Waals surface area contributed by atoms with Crippen LogP contribution in [0.1, 0.15) is 21.6 Å². The summed E-state index contributed by atoms with van der Waals surface area (Å²) in [6.45, 7) is 1.86. The molecule has 0 unspecified atom stereocenters. The topological polar surface area (TPSA) is 100 Å². The molecule has 3 aromatic carbocycles. The van der Waals surface area contributed by atoms with Gasteiger partial charge >= 0.3 is 0 Å². The van der Waals surface area contributed by atoms with Crippen molar-refractivity contribution in [3.63, 3.8) is 0 Å². The number of thiazole rings is 1. The van der Waals surface area contributed by atoms with E-state index in [1.54, 1.807) is 66.7 Å². The normalized spacial score (nSPS) is 11.1. The number of anilines is 2. The summed E-state index contributed by atoms with van der Waals surface area (Å²) in [5.41, 5.74) is 2.16. The van der Waals surface area contributed by atoms with Crippen LogP contribution in [-0.2, 0) is 9.59 Å². The summed E-state index contributed by atoms with van der Waals surface area (Å²) >= 11 is 15.2. The number of hydrogen-bond acceptors (Lipinski definition) is 6. The number of thioether (sulfide) groups is 1. The number of aromatic nitrogens is 1. The van der Waals surface area contributed by atoms with E-state index in [0.29, 0.717) is 27.0 Å². The molecule has 198 valence electrons. The highest BCUT2D eigenvalue weighted by Gasteiger charge is 2.17. The molecule has 0 aliphatic heterocycles. The standard InChI is InChI=1S/C28H22Cl2N4O3S2/c1-17-15-39-28(31-17)34-24(35)16-38-21-11-6-10-20(14-21)32-27(37)23(13-19-9-5-12-22(29)25(19)30)33-26(36)18-7-3-2-4-8-18/h2-15H,16H2,1H3,(H,32,37)(H,33,36)(H,31,34,35)/b23-13+. The predicted octanol–water partition coefficient (Wildman–Crippen LogP) is 6.90. The highest BCUT2D eigenvalue weighted by molar-refractivity contribution is 8.00. The molecule has 11 heteroatoms. The summed E-state index contributed by atoms with van der Waals surface area (Å²) < 4.78 is 0. The average Bonchev–Trinajstić information content (AvgIpc) is 3.34. The molecule has 0 spiro atoms. The van der Waals surface area contributed by atoms with Crippen LogP contribution in [0.2, 0.25) is 10.0 Å². The van der Waals surface area contributed by atoms with Gasteiger partial charge in [0.15, 0.2) is 5.13 Å². The Bertz CT molecular complexity index is 1540. The van der Waals surface area contributed by atoms with Crippen LogP contribution in [0.5, 0.6) is 0 Å². The van der Waals surface area contributed by atoms with E-state index in [1.807, 2.05) is 18.4 Å². The molecule has 1 heterocycles. The molecule has 3 amide bonds. The highest BCUT2D eigenvalue weighted by Crippen LogP contribution is 2.28. The number of carbonyl (C=O) groups is 3. The highest BCUT2D eigenvalue weighted by atomic mass is 35.5. The van der Waals surface area contributed by atoms with E-state index in [0.717, 1.165) is 10.6 Å². The molecule has 4 rings (SSSR count). The van der Waals surface area contributed by atoms with Gasteiger partial charge in [0.1, 0.15) is 5.70 Å². The maximum absolute atomic E-state index is 13.3. The van der Waals surface area contributed by atoms with E-state index >= 15 is 0 Å². The molecule has 0 saturated heterocycles. The van der Waals surface area contributed by atoms with Gasteiger partial charge in [-0.15, -0.1) is 23.1 Å². The first kappa shape index (κ1) is 28.4. The SMILES string of the molecule is Cc1csc(NC(=O)CSc2cccc(NC(=O)/C(=C\c3cccc(Cl)c3Cl)NC(=O)c3ccccc3)c2)n1. The van der Waals surface area contributed by atoms with Crippen molar-refractivity contribution in [3.8, 4) is 0 Å². The van der Waals surface area contributed by atoms with Crippen molar-refractivity contribution >= 4 is 80.9 Å². The molecular weight excluding hydrogens is 575 g/mol. The number of benzene rings is 3. The minimum absolute atomic E-state index is 0.0239. The van der Waals surface area contributed by atoms with Gasteiger partial charge in [0.25, 0.3) is 11.8 Å². The number of halogens is 2. The second-order valence-corrected chi connectivity index (χ2v) is 10.8. The van der Waals surface area contributed by atoms with Crippen molar-refractivity contribution < 1.29 is 14.4 Å². The molecule has 0 aliphatic carbocycles. The van der Waals surface area contributed by atoms with Crippen LogP contribution in [0, 0.1) is 6.92 Å². The molecule has 0 bridgehead atoms. The molecule has 4 aromatic rings. The van der Waals surface area contributed by atoms with Crippen molar-refractivity contribution in [2.45, 2.75) is 11.8 Å². The van der Waals surface area contributed by atoms with Gasteiger partial charge in [0, 0.05) is 21.5 Å². The van der Waals surface area contributed by atoms with E-state index in [2.05, 4.69) is 20.9 Å². The Balaban J connectivity index is 1.48. The monoisotopic (exact) mass is 596 g/mol. The maximum atomic E-state index is 13.3. The molecule has 0 aliphatic rings. The zero-order valence-electron chi connectivity index (χ0n) is 20.5. The first-order valence-electron chi connectivity index (χ1n) is 11.6. The minimum atomic E-state index is -0.561. The fourth-order valence-electron chi connectivity index (χ4n) is 3.31. The van der Waals surface area contributed by atoms with Crippen molar-refractivity contribution in [2.24, 2.45) is 0 Å². The third kappa shape index (κ3) is 8.18. The second-order valence-electron chi connectivity index (χ2n) is 8.13. The van der Waals surface area contributed by atoms with Gasteiger partial charge in [0.2, 0.25) is 5.91 Å². The van der Waals surface area contributed by atoms with Gasteiger partial charge in [-0.3, -0.25) is 14.4 Å². The van der Waals surface area contributed by atoms with E-state index in [1.165, 1.54) is 29.2 Å². The largest absolute Gasteiger partial charge is 0.321 e. The van der Waals surface area contributed by atoms with Gasteiger partial charge in [-0.2, -0.15) is 0 Å². The summed E-state index contributed by atoms with van der Waals surface area (Å²) in [7, 11) is 0. The van der Waals surface area contributed by atoms with Crippen LogP contribution < -0.4 is 16.0 Å². The van der Waals surface area contributed by atoms with Crippen LogP contribution in [0.4, 0.5) is 10.8 Å². The maximum Gasteiger partial charge on any atom is 0.272 e. The molecular formula is C28H22Cl2N4O3S2. The fourth-order valence-corrected chi connectivity index (χ4v) is 5.13.